The van der Waals surface area contributed by atoms with E-state index < -0.39 is 0 Å². The molecule has 5 rings (SSSR count). The molecule has 1 saturated heterocycles. The number of hydrogen-bond donors (Lipinski definition) is 2. The first-order valence-electron chi connectivity index (χ1n) is 10.4. The molecule has 7 nitrogen and oxygen atoms in total. The number of halogens is 1. The fourth-order valence-electron chi connectivity index (χ4n) is 4.04. The van der Waals surface area contributed by atoms with Crippen LogP contribution in [0.4, 0.5) is 10.2 Å². The third kappa shape index (κ3) is 3.74. The van der Waals surface area contributed by atoms with Crippen molar-refractivity contribution in [3.8, 4) is 16.9 Å². The molecule has 3 aromatic heterocycles. The van der Waals surface area contributed by atoms with Crippen LogP contribution in [-0.4, -0.2) is 27.9 Å². The van der Waals surface area contributed by atoms with E-state index in [1.54, 1.807) is 24.6 Å². The first kappa shape index (κ1) is 19.6. The summed E-state index contributed by atoms with van der Waals surface area (Å²) >= 11 is 0. The second-order valence-electron chi connectivity index (χ2n) is 7.87. The molecule has 0 spiro atoms. The van der Waals surface area contributed by atoms with Crippen molar-refractivity contribution in [1.82, 2.24) is 20.1 Å². The van der Waals surface area contributed by atoms with Crippen LogP contribution in [0.5, 0.6) is 5.75 Å². The van der Waals surface area contributed by atoms with Crippen molar-refractivity contribution in [2.24, 2.45) is 0 Å². The lowest BCUT2D eigenvalue weighted by Gasteiger charge is -2.22. The van der Waals surface area contributed by atoms with Crippen LogP contribution in [-0.2, 0) is 0 Å². The summed E-state index contributed by atoms with van der Waals surface area (Å²) in [4.78, 5) is 4.32. The topological polar surface area (TPSA) is 91.1 Å². The molecule has 1 fully saturated rings. The van der Waals surface area contributed by atoms with Crippen LogP contribution in [0.1, 0.15) is 37.5 Å². The second-order valence-corrected chi connectivity index (χ2v) is 7.87. The van der Waals surface area contributed by atoms with Crippen molar-refractivity contribution in [3.05, 3.63) is 60.5 Å². The monoisotopic (exact) mass is 421 g/mol. The number of rotatable bonds is 5. The quantitative estimate of drug-likeness (QED) is 0.494. The lowest BCUT2D eigenvalue weighted by molar-refractivity contribution is 0.227. The average molecular weight is 421 g/mol. The molecule has 8 heteroatoms. The van der Waals surface area contributed by atoms with Crippen molar-refractivity contribution < 1.29 is 13.5 Å². The fraction of sp³-hybridized carbons (Fsp3) is 0.304. The van der Waals surface area contributed by atoms with Gasteiger partial charge in [-0.15, -0.1) is 0 Å². The summed E-state index contributed by atoms with van der Waals surface area (Å²) in [6.07, 6.45) is 9.05. The van der Waals surface area contributed by atoms with Gasteiger partial charge in [0.2, 0.25) is 5.75 Å². The Morgan fingerprint density at radius 3 is 2.77 bits per heavy atom. The van der Waals surface area contributed by atoms with E-state index in [0.29, 0.717) is 17.4 Å². The Bertz CT molecular complexity index is 1190. The second kappa shape index (κ2) is 8.03. The summed E-state index contributed by atoms with van der Waals surface area (Å²) in [5.74, 6) is 0.332. The number of aromatic nitrogens is 3. The maximum atomic E-state index is 13.2. The van der Waals surface area contributed by atoms with E-state index in [-0.39, 0.29) is 17.7 Å². The van der Waals surface area contributed by atoms with E-state index in [2.05, 4.69) is 21.6 Å². The minimum atomic E-state index is -0.355. The van der Waals surface area contributed by atoms with Gasteiger partial charge in [-0.05, 0) is 50.6 Å². The van der Waals surface area contributed by atoms with Crippen molar-refractivity contribution in [2.75, 3.05) is 18.8 Å². The van der Waals surface area contributed by atoms with Gasteiger partial charge in [-0.25, -0.2) is 9.37 Å². The predicted molar refractivity (Wildman–Crippen MR) is 116 cm³/mol. The molecule has 1 aliphatic heterocycles. The van der Waals surface area contributed by atoms with Crippen molar-refractivity contribution in [1.29, 1.82) is 0 Å². The largest absolute Gasteiger partial charge is 0.479 e. The van der Waals surface area contributed by atoms with Crippen molar-refractivity contribution in [2.45, 2.75) is 31.9 Å². The summed E-state index contributed by atoms with van der Waals surface area (Å²) < 4.78 is 27.3. The Hall–Kier alpha value is -3.39. The minimum absolute atomic E-state index is 0.243. The zero-order valence-electron chi connectivity index (χ0n) is 17.2. The van der Waals surface area contributed by atoms with Gasteiger partial charge in [0.25, 0.3) is 0 Å². The zero-order chi connectivity index (χ0) is 21.4. The third-order valence-electron chi connectivity index (χ3n) is 5.83. The Morgan fingerprint density at radius 2 is 2.00 bits per heavy atom. The molecule has 4 aromatic rings. The van der Waals surface area contributed by atoms with Crippen LogP contribution in [0.2, 0.25) is 0 Å². The predicted octanol–water partition coefficient (Wildman–Crippen LogP) is 4.48. The number of anilines is 1. The van der Waals surface area contributed by atoms with Crippen LogP contribution in [0.25, 0.3) is 22.1 Å². The average Bonchev–Trinajstić information content (AvgIpc) is 3.44. The summed E-state index contributed by atoms with van der Waals surface area (Å²) in [6.45, 7) is 3.88. The SMILES string of the molecule is CC(Oc1c(N)ncc2c(-c3cnn(C4CCNCC4)c3)coc12)c1ccc(F)cc1. The zero-order valence-corrected chi connectivity index (χ0v) is 17.2. The highest BCUT2D eigenvalue weighted by Gasteiger charge is 2.21. The number of nitrogen functional groups attached to an aromatic ring is 1. The first-order chi connectivity index (χ1) is 15.1. The molecule has 0 saturated carbocycles. The van der Waals surface area contributed by atoms with Gasteiger partial charge in [-0.3, -0.25) is 4.68 Å². The van der Waals surface area contributed by atoms with Crippen molar-refractivity contribution in [3.63, 3.8) is 0 Å². The Morgan fingerprint density at radius 1 is 1.23 bits per heavy atom. The molecule has 31 heavy (non-hydrogen) atoms. The molecule has 0 bridgehead atoms. The molecule has 0 amide bonds. The van der Waals surface area contributed by atoms with E-state index >= 15 is 0 Å². The highest BCUT2D eigenvalue weighted by Crippen LogP contribution is 2.39. The molecule has 160 valence electrons. The van der Waals surface area contributed by atoms with E-state index in [9.17, 15) is 4.39 Å². The van der Waals surface area contributed by atoms with Crippen LogP contribution in [0.3, 0.4) is 0 Å². The number of hydrogen-bond acceptors (Lipinski definition) is 6. The Balaban J connectivity index is 1.46. The number of nitrogens with zero attached hydrogens (tertiary/aromatic N) is 3. The number of nitrogens with one attached hydrogen (secondary N) is 1. The third-order valence-corrected chi connectivity index (χ3v) is 5.83. The lowest BCUT2D eigenvalue weighted by Crippen LogP contribution is -2.29. The molecule has 1 atom stereocenters. The molecule has 3 N–H and O–H groups in total. The smallest absolute Gasteiger partial charge is 0.205 e. The molecule has 0 aliphatic carbocycles. The van der Waals surface area contributed by atoms with E-state index in [0.717, 1.165) is 48.0 Å². The standard InChI is InChI=1S/C23H24FN5O2/c1-14(15-2-4-17(24)5-3-15)31-22-21-19(11-27-23(22)25)20(13-30-21)16-10-28-29(12-16)18-6-8-26-9-7-18/h2-5,10-14,18,26H,6-9H2,1H3,(H2,25,27). The molecular formula is C23H24FN5O2. The maximum absolute atomic E-state index is 13.2. The van der Waals surface area contributed by atoms with E-state index in [1.165, 1.54) is 12.1 Å². The van der Waals surface area contributed by atoms with Crippen LogP contribution >= 0.6 is 0 Å². The summed E-state index contributed by atoms with van der Waals surface area (Å²) in [7, 11) is 0. The van der Waals surface area contributed by atoms with Crippen LogP contribution in [0.15, 0.2) is 53.5 Å². The molecular weight excluding hydrogens is 397 g/mol. The van der Waals surface area contributed by atoms with Gasteiger partial charge in [0, 0.05) is 23.5 Å². The Kier molecular flexibility index (Phi) is 5.07. The number of pyridine rings is 1. The molecule has 4 heterocycles. The fourth-order valence-corrected chi connectivity index (χ4v) is 4.04. The maximum Gasteiger partial charge on any atom is 0.205 e. The van der Waals surface area contributed by atoms with Gasteiger partial charge in [0.15, 0.2) is 11.4 Å². The number of furan rings is 1. The van der Waals surface area contributed by atoms with Gasteiger partial charge >= 0.3 is 0 Å². The summed E-state index contributed by atoms with van der Waals surface area (Å²) in [5, 5.41) is 8.76. The molecule has 1 unspecified atom stereocenters. The van der Waals surface area contributed by atoms with E-state index in [1.807, 2.05) is 17.8 Å². The highest BCUT2D eigenvalue weighted by molar-refractivity contribution is 5.97. The molecule has 0 radical (unpaired) electrons. The number of benzene rings is 1. The molecule has 1 aliphatic rings. The van der Waals surface area contributed by atoms with Gasteiger partial charge in [0.1, 0.15) is 18.2 Å². The lowest BCUT2D eigenvalue weighted by atomic mass is 10.1. The highest BCUT2D eigenvalue weighted by atomic mass is 19.1. The molecule has 1 aromatic carbocycles. The van der Waals surface area contributed by atoms with Crippen molar-refractivity contribution >= 4 is 16.8 Å². The number of nitrogens with two attached hydrogens (primary N) is 1. The van der Waals surface area contributed by atoms with Gasteiger partial charge in [0.05, 0.1) is 17.6 Å². The summed E-state index contributed by atoms with van der Waals surface area (Å²) in [6, 6.07) is 6.58. The summed E-state index contributed by atoms with van der Waals surface area (Å²) in [5.41, 5.74) is 9.32. The van der Waals surface area contributed by atoms with Crippen LogP contribution in [0, 0.1) is 5.82 Å². The first-order valence-corrected chi connectivity index (χ1v) is 10.4. The van der Waals surface area contributed by atoms with Gasteiger partial charge in [-0.2, -0.15) is 5.10 Å². The van der Waals surface area contributed by atoms with Gasteiger partial charge in [-0.1, -0.05) is 12.1 Å². The number of ether oxygens (including phenoxy) is 1. The van der Waals surface area contributed by atoms with Crippen LogP contribution < -0.4 is 15.8 Å². The number of piperidine rings is 1. The Labute approximate surface area is 179 Å². The van der Waals surface area contributed by atoms with E-state index in [4.69, 9.17) is 14.9 Å². The van der Waals surface area contributed by atoms with Gasteiger partial charge < -0.3 is 20.2 Å². The minimum Gasteiger partial charge on any atom is -0.479 e. The normalized spacial score (nSPS) is 15.9. The number of fused-ring (bicyclic) bond motifs is 1.